The number of thioether (sulfide) groups is 1. The number of hydrogen-bond acceptors (Lipinski definition) is 6. The molecule has 6 nitrogen and oxygen atoms in total. The molecule has 4 rings (SSSR count). The number of sulfone groups is 1. The third kappa shape index (κ3) is 4.25. The summed E-state index contributed by atoms with van der Waals surface area (Å²) in [5.74, 6) is 0.265. The van der Waals surface area contributed by atoms with Crippen LogP contribution in [0.4, 0.5) is 11.4 Å². The molecule has 1 amide bonds. The highest BCUT2D eigenvalue weighted by molar-refractivity contribution is 8.14. The predicted octanol–water partition coefficient (Wildman–Crippen LogP) is 3.33. The van der Waals surface area contributed by atoms with Crippen LogP contribution in [0.15, 0.2) is 47.5 Å². The number of aliphatic imine (C=N–C) groups is 1. The molecular formula is C22H25N3O3S2. The van der Waals surface area contributed by atoms with Crippen LogP contribution in [0, 0.1) is 20.8 Å². The Morgan fingerprint density at radius 3 is 2.43 bits per heavy atom. The molecule has 0 aromatic heterocycles. The molecule has 2 heterocycles. The van der Waals surface area contributed by atoms with Crippen LogP contribution in [0.3, 0.4) is 0 Å². The van der Waals surface area contributed by atoms with Gasteiger partial charge in [0.25, 0.3) is 0 Å². The Hall–Kier alpha value is -2.32. The second-order valence-corrected chi connectivity index (χ2v) is 11.0. The van der Waals surface area contributed by atoms with E-state index < -0.39 is 9.84 Å². The van der Waals surface area contributed by atoms with Crippen molar-refractivity contribution >= 4 is 44.0 Å². The lowest BCUT2D eigenvalue weighted by Gasteiger charge is -2.26. The van der Waals surface area contributed by atoms with Crippen molar-refractivity contribution in [2.45, 2.75) is 32.9 Å². The Bertz CT molecular complexity index is 1090. The van der Waals surface area contributed by atoms with Gasteiger partial charge >= 0.3 is 0 Å². The van der Waals surface area contributed by atoms with Gasteiger partial charge in [-0.1, -0.05) is 47.7 Å². The largest absolute Gasteiger partial charge is 0.325 e. The molecule has 0 aliphatic carbocycles. The SMILES string of the molecule is Cc1ccc(N2C(SCC(=O)Nc3c(C)cccc3C)=NC3CS(=O)(=O)CC32)cc1. The van der Waals surface area contributed by atoms with Crippen LogP contribution >= 0.6 is 11.8 Å². The summed E-state index contributed by atoms with van der Waals surface area (Å²) in [5.41, 5.74) is 4.93. The van der Waals surface area contributed by atoms with Crippen LogP contribution < -0.4 is 10.2 Å². The first-order chi connectivity index (χ1) is 14.2. The molecule has 2 aliphatic rings. The van der Waals surface area contributed by atoms with E-state index in [1.54, 1.807) is 0 Å². The number of fused-ring (bicyclic) bond motifs is 1. The van der Waals surface area contributed by atoms with E-state index in [9.17, 15) is 13.2 Å². The van der Waals surface area contributed by atoms with Crippen LogP contribution in [0.2, 0.25) is 0 Å². The quantitative estimate of drug-likeness (QED) is 0.784. The van der Waals surface area contributed by atoms with Crippen molar-refractivity contribution in [3.63, 3.8) is 0 Å². The number of nitrogens with zero attached hydrogens (tertiary/aromatic N) is 2. The summed E-state index contributed by atoms with van der Waals surface area (Å²) >= 11 is 1.36. The summed E-state index contributed by atoms with van der Waals surface area (Å²) in [4.78, 5) is 19.3. The Labute approximate surface area is 181 Å². The van der Waals surface area contributed by atoms with Crippen LogP contribution in [0.5, 0.6) is 0 Å². The van der Waals surface area contributed by atoms with Gasteiger partial charge in [0.15, 0.2) is 15.0 Å². The first kappa shape index (κ1) is 20.9. The Kier molecular flexibility index (Phi) is 5.63. The van der Waals surface area contributed by atoms with Crippen molar-refractivity contribution in [1.29, 1.82) is 0 Å². The van der Waals surface area contributed by atoms with E-state index in [1.807, 2.05) is 68.1 Å². The number of hydrogen-bond donors (Lipinski definition) is 1. The zero-order valence-corrected chi connectivity index (χ0v) is 18.9. The summed E-state index contributed by atoms with van der Waals surface area (Å²) in [6.07, 6.45) is 0. The molecular weight excluding hydrogens is 418 g/mol. The van der Waals surface area contributed by atoms with E-state index >= 15 is 0 Å². The summed E-state index contributed by atoms with van der Waals surface area (Å²) < 4.78 is 24.3. The van der Waals surface area contributed by atoms with Crippen LogP contribution in [-0.2, 0) is 14.6 Å². The van der Waals surface area contributed by atoms with Crippen LogP contribution in [0.1, 0.15) is 16.7 Å². The second kappa shape index (κ2) is 8.07. The number of amidine groups is 1. The molecule has 2 aliphatic heterocycles. The summed E-state index contributed by atoms with van der Waals surface area (Å²) in [6.45, 7) is 5.95. The molecule has 2 aromatic rings. The summed E-state index contributed by atoms with van der Waals surface area (Å²) in [5, 5.41) is 3.71. The molecule has 1 saturated heterocycles. The third-order valence-corrected chi connectivity index (χ3v) is 8.16. The smallest absolute Gasteiger partial charge is 0.234 e. The lowest BCUT2D eigenvalue weighted by atomic mass is 10.1. The van der Waals surface area contributed by atoms with Crippen LogP contribution in [0.25, 0.3) is 0 Å². The fourth-order valence-electron chi connectivity index (χ4n) is 3.96. The second-order valence-electron chi connectivity index (χ2n) is 7.93. The van der Waals surface area contributed by atoms with Gasteiger partial charge < -0.3 is 10.2 Å². The van der Waals surface area contributed by atoms with Crippen molar-refractivity contribution in [2.75, 3.05) is 27.5 Å². The minimum atomic E-state index is -3.10. The van der Waals surface area contributed by atoms with Gasteiger partial charge in [-0.25, -0.2) is 8.42 Å². The van der Waals surface area contributed by atoms with Crippen molar-refractivity contribution in [3.05, 3.63) is 59.2 Å². The molecule has 30 heavy (non-hydrogen) atoms. The number of benzene rings is 2. The van der Waals surface area contributed by atoms with E-state index in [1.165, 1.54) is 11.8 Å². The highest BCUT2D eigenvalue weighted by Gasteiger charge is 2.47. The monoisotopic (exact) mass is 443 g/mol. The first-order valence-electron chi connectivity index (χ1n) is 9.86. The fraction of sp³-hybridized carbons (Fsp3) is 0.364. The molecule has 0 saturated carbocycles. The maximum absolute atomic E-state index is 12.6. The number of carbonyl (C=O) groups excluding carboxylic acids is 1. The van der Waals surface area contributed by atoms with E-state index in [-0.39, 0.29) is 35.2 Å². The molecule has 1 N–H and O–H groups in total. The lowest BCUT2D eigenvalue weighted by Crippen LogP contribution is -2.39. The molecule has 8 heteroatoms. The Balaban J connectivity index is 1.51. The van der Waals surface area contributed by atoms with Crippen molar-refractivity contribution in [1.82, 2.24) is 0 Å². The van der Waals surface area contributed by atoms with Gasteiger partial charge in [-0.15, -0.1) is 0 Å². The molecule has 0 radical (unpaired) electrons. The van der Waals surface area contributed by atoms with E-state index in [0.29, 0.717) is 5.17 Å². The Morgan fingerprint density at radius 2 is 1.77 bits per heavy atom. The lowest BCUT2D eigenvalue weighted by molar-refractivity contribution is -0.113. The average molecular weight is 444 g/mol. The zero-order valence-electron chi connectivity index (χ0n) is 17.3. The molecule has 0 spiro atoms. The maximum atomic E-state index is 12.6. The molecule has 2 aromatic carbocycles. The molecule has 2 atom stereocenters. The van der Waals surface area contributed by atoms with Gasteiger partial charge in [-0.3, -0.25) is 9.79 Å². The zero-order chi connectivity index (χ0) is 21.5. The van der Waals surface area contributed by atoms with Crippen molar-refractivity contribution in [2.24, 2.45) is 4.99 Å². The summed E-state index contributed by atoms with van der Waals surface area (Å²) in [7, 11) is -3.10. The average Bonchev–Trinajstić information content (AvgIpc) is 3.15. The van der Waals surface area contributed by atoms with Gasteiger partial charge in [0, 0.05) is 11.4 Å². The number of anilines is 2. The first-order valence-corrected chi connectivity index (χ1v) is 12.7. The highest BCUT2D eigenvalue weighted by atomic mass is 32.2. The number of amides is 1. The normalized spacial score (nSPS) is 22.0. The van der Waals surface area contributed by atoms with Crippen LogP contribution in [-0.4, -0.2) is 48.8 Å². The van der Waals surface area contributed by atoms with Gasteiger partial charge in [0.2, 0.25) is 5.91 Å². The van der Waals surface area contributed by atoms with Crippen molar-refractivity contribution < 1.29 is 13.2 Å². The van der Waals surface area contributed by atoms with Gasteiger partial charge in [-0.05, 0) is 44.0 Å². The fourth-order valence-corrected chi connectivity index (χ4v) is 6.72. The van der Waals surface area contributed by atoms with E-state index in [0.717, 1.165) is 28.1 Å². The number of aryl methyl sites for hydroxylation is 3. The number of nitrogens with one attached hydrogen (secondary N) is 1. The molecule has 2 unspecified atom stereocenters. The third-order valence-electron chi connectivity index (χ3n) is 5.50. The van der Waals surface area contributed by atoms with Gasteiger partial charge in [-0.2, -0.15) is 0 Å². The number of rotatable bonds is 4. The summed E-state index contributed by atoms with van der Waals surface area (Å²) in [6, 6.07) is 13.4. The van der Waals surface area contributed by atoms with Crippen molar-refractivity contribution in [3.8, 4) is 0 Å². The topological polar surface area (TPSA) is 78.8 Å². The minimum Gasteiger partial charge on any atom is -0.325 e. The molecule has 1 fully saturated rings. The number of carbonyl (C=O) groups is 1. The van der Waals surface area contributed by atoms with E-state index in [4.69, 9.17) is 0 Å². The van der Waals surface area contributed by atoms with Gasteiger partial charge in [0.1, 0.15) is 0 Å². The number of para-hydroxylation sites is 1. The minimum absolute atomic E-state index is 0.0681. The maximum Gasteiger partial charge on any atom is 0.234 e. The molecule has 0 bridgehead atoms. The Morgan fingerprint density at radius 1 is 1.10 bits per heavy atom. The molecule has 158 valence electrons. The van der Waals surface area contributed by atoms with Gasteiger partial charge in [0.05, 0.1) is 29.3 Å². The van der Waals surface area contributed by atoms with E-state index in [2.05, 4.69) is 10.3 Å². The standard InChI is InChI=1S/C22H25N3O3S2/c1-14-7-9-17(10-8-14)25-19-13-30(27,28)12-18(19)23-22(25)29-11-20(26)24-21-15(2)5-4-6-16(21)3/h4-10,18-19H,11-13H2,1-3H3,(H,24,26). The predicted molar refractivity (Wildman–Crippen MR) is 124 cm³/mol. The highest BCUT2D eigenvalue weighted by Crippen LogP contribution is 2.35.